The predicted octanol–water partition coefficient (Wildman–Crippen LogP) is 4.23. The molecule has 1 atom stereocenters. The van der Waals surface area contributed by atoms with Crippen molar-refractivity contribution in [3.05, 3.63) is 35.9 Å². The van der Waals surface area contributed by atoms with Gasteiger partial charge in [-0.2, -0.15) is 8.78 Å². The monoisotopic (exact) mass is 394 g/mol. The molecule has 0 fully saturated rings. The van der Waals surface area contributed by atoms with E-state index in [1.54, 1.807) is 18.2 Å². The van der Waals surface area contributed by atoms with Gasteiger partial charge in [0.25, 0.3) is 0 Å². The molecule has 0 heterocycles. The Morgan fingerprint density at radius 1 is 1.12 bits per heavy atom. The van der Waals surface area contributed by atoms with Crippen molar-refractivity contribution in [3.63, 3.8) is 0 Å². The number of hydrogen-bond donors (Lipinski definition) is 1. The van der Waals surface area contributed by atoms with Crippen molar-refractivity contribution >= 4 is 13.6 Å². The van der Waals surface area contributed by atoms with E-state index in [2.05, 4.69) is 0 Å². The molecule has 0 bridgehead atoms. The second-order valence-electron chi connectivity index (χ2n) is 6.29. The zero-order valence-electron chi connectivity index (χ0n) is 15.2. The average molecular weight is 394 g/mol. The summed E-state index contributed by atoms with van der Waals surface area (Å²) < 4.78 is 56.1. The molecule has 0 spiro atoms. The highest BCUT2D eigenvalue weighted by atomic mass is 31.2. The zero-order chi connectivity index (χ0) is 20.0. The lowest BCUT2D eigenvalue weighted by molar-refractivity contribution is -0.0349. The maximum absolute atomic E-state index is 14.5. The molecule has 0 amide bonds. The minimum atomic E-state index is -4.83. The van der Waals surface area contributed by atoms with E-state index in [0.717, 1.165) is 0 Å². The molecule has 9 heteroatoms. The van der Waals surface area contributed by atoms with E-state index in [-0.39, 0.29) is 5.56 Å². The van der Waals surface area contributed by atoms with Crippen LogP contribution in [0.3, 0.4) is 0 Å². The van der Waals surface area contributed by atoms with Gasteiger partial charge in [-0.05, 0) is 39.8 Å². The molecule has 0 saturated heterocycles. The largest absolute Gasteiger partial charge is 0.459 e. The fourth-order valence-corrected chi connectivity index (χ4v) is 3.92. The van der Waals surface area contributed by atoms with Gasteiger partial charge in [0, 0.05) is 0 Å². The van der Waals surface area contributed by atoms with Gasteiger partial charge in [0.2, 0.25) is 0 Å². The molecular formula is C17H25F2O6P. The summed E-state index contributed by atoms with van der Waals surface area (Å²) in [6.07, 6.45) is -4.50. The van der Waals surface area contributed by atoms with E-state index in [0.29, 0.717) is 0 Å². The fraction of sp³-hybridized carbons (Fsp3) is 0.588. The lowest BCUT2D eigenvalue weighted by Gasteiger charge is -2.30. The quantitative estimate of drug-likeness (QED) is 0.472. The third kappa shape index (κ3) is 6.76. The van der Waals surface area contributed by atoms with Crippen LogP contribution in [0.4, 0.5) is 8.78 Å². The molecule has 0 aromatic heterocycles. The van der Waals surface area contributed by atoms with Crippen LogP contribution >= 0.6 is 7.60 Å². The van der Waals surface area contributed by atoms with Gasteiger partial charge in [-0.3, -0.25) is 4.57 Å². The van der Waals surface area contributed by atoms with Gasteiger partial charge < -0.3 is 18.9 Å². The van der Waals surface area contributed by atoms with Crippen molar-refractivity contribution in [2.75, 3.05) is 6.61 Å². The number of hydrogen-bond acceptors (Lipinski definition) is 6. The van der Waals surface area contributed by atoms with Gasteiger partial charge in [0.15, 0.2) is 0 Å². The van der Waals surface area contributed by atoms with Crippen LogP contribution in [0.15, 0.2) is 30.3 Å². The highest BCUT2D eigenvalue weighted by Gasteiger charge is 2.55. The van der Waals surface area contributed by atoms with Gasteiger partial charge in [-0.15, -0.1) is 0 Å². The fourth-order valence-electron chi connectivity index (χ4n) is 2.02. The summed E-state index contributed by atoms with van der Waals surface area (Å²) in [7, 11) is -4.83. The summed E-state index contributed by atoms with van der Waals surface area (Å²) in [5.41, 5.74) is -3.72. The third-order valence-corrected chi connectivity index (χ3v) is 5.38. The smallest absolute Gasteiger partial charge is 0.400 e. The Hall–Kier alpha value is -1.34. The predicted molar refractivity (Wildman–Crippen MR) is 92.3 cm³/mol. The number of alkyl halides is 2. The van der Waals surface area contributed by atoms with Crippen molar-refractivity contribution in [2.24, 2.45) is 0 Å². The number of benzene rings is 1. The Balaban J connectivity index is 2.73. The maximum Gasteiger partial charge on any atom is 0.400 e. The standard InChI is InChI=1S/C17H25F2O6P/c1-12(2)24-26(22,25-13(3)4)17(18,19)10-15(20)11-23-16(21)14-8-6-5-7-9-14/h5-9,12-13,15,20H,10-11H2,1-4H3. The van der Waals surface area contributed by atoms with Crippen molar-refractivity contribution in [1.29, 1.82) is 0 Å². The topological polar surface area (TPSA) is 82.1 Å². The zero-order valence-corrected chi connectivity index (χ0v) is 16.1. The molecule has 148 valence electrons. The average Bonchev–Trinajstić information content (AvgIpc) is 2.51. The molecule has 0 saturated carbocycles. The first kappa shape index (κ1) is 22.7. The molecule has 0 radical (unpaired) electrons. The van der Waals surface area contributed by atoms with E-state index < -0.39 is 50.6 Å². The second kappa shape index (κ2) is 9.55. The Morgan fingerprint density at radius 3 is 2.08 bits per heavy atom. The summed E-state index contributed by atoms with van der Waals surface area (Å²) >= 11 is 0. The highest BCUT2D eigenvalue weighted by Crippen LogP contribution is 2.64. The molecule has 26 heavy (non-hydrogen) atoms. The van der Waals surface area contributed by atoms with Crippen molar-refractivity contribution in [1.82, 2.24) is 0 Å². The number of esters is 1. The van der Waals surface area contributed by atoms with Crippen LogP contribution < -0.4 is 0 Å². The van der Waals surface area contributed by atoms with Gasteiger partial charge >= 0.3 is 19.2 Å². The van der Waals surface area contributed by atoms with Crippen LogP contribution in [-0.4, -0.2) is 41.7 Å². The SMILES string of the molecule is CC(C)OP(=O)(OC(C)C)C(F)(F)CC(O)COC(=O)c1ccccc1. The number of aliphatic hydroxyl groups excluding tert-OH is 1. The normalized spacial score (nSPS) is 13.9. The number of carbonyl (C=O) groups excluding carboxylic acids is 1. The number of aliphatic hydroxyl groups is 1. The van der Waals surface area contributed by atoms with E-state index in [1.165, 1.54) is 39.8 Å². The van der Waals surface area contributed by atoms with Crippen LogP contribution in [0.1, 0.15) is 44.5 Å². The Morgan fingerprint density at radius 2 is 1.62 bits per heavy atom. The molecule has 1 aromatic carbocycles. The van der Waals surface area contributed by atoms with Crippen molar-refractivity contribution in [3.8, 4) is 0 Å². The lowest BCUT2D eigenvalue weighted by Crippen LogP contribution is -2.31. The van der Waals surface area contributed by atoms with Crippen molar-refractivity contribution < 1.29 is 37.0 Å². The number of carbonyl (C=O) groups is 1. The van der Waals surface area contributed by atoms with Crippen molar-refractivity contribution in [2.45, 2.75) is 58.1 Å². The molecule has 1 rings (SSSR count). The molecule has 1 N–H and O–H groups in total. The second-order valence-corrected chi connectivity index (χ2v) is 8.36. The minimum absolute atomic E-state index is 0.225. The van der Waals surface area contributed by atoms with Gasteiger partial charge in [0.05, 0.1) is 30.3 Å². The van der Waals surface area contributed by atoms with E-state index >= 15 is 0 Å². The molecule has 1 unspecified atom stereocenters. The summed E-state index contributed by atoms with van der Waals surface area (Å²) in [5, 5.41) is 9.82. The first-order valence-electron chi connectivity index (χ1n) is 8.22. The Labute approximate surface area is 152 Å². The maximum atomic E-state index is 14.5. The highest BCUT2D eigenvalue weighted by molar-refractivity contribution is 7.55. The van der Waals surface area contributed by atoms with E-state index in [9.17, 15) is 23.2 Å². The number of rotatable bonds is 10. The Bertz CT molecular complexity index is 607. The van der Waals surface area contributed by atoms with Gasteiger partial charge in [0.1, 0.15) is 6.61 Å². The lowest BCUT2D eigenvalue weighted by atomic mass is 10.2. The number of ether oxygens (including phenoxy) is 1. The van der Waals surface area contributed by atoms with Crippen LogP contribution in [0.25, 0.3) is 0 Å². The summed E-state index contributed by atoms with van der Waals surface area (Å²) in [4.78, 5) is 11.8. The first-order valence-corrected chi connectivity index (χ1v) is 9.76. The Kier molecular flexibility index (Phi) is 8.34. The molecule has 0 aliphatic carbocycles. The number of halogens is 2. The molecule has 0 aliphatic heterocycles. The van der Waals surface area contributed by atoms with Crippen LogP contribution in [0.5, 0.6) is 0 Å². The van der Waals surface area contributed by atoms with Crippen LogP contribution in [0, 0.1) is 0 Å². The summed E-state index contributed by atoms with van der Waals surface area (Å²) in [6, 6.07) is 7.91. The van der Waals surface area contributed by atoms with E-state index in [4.69, 9.17) is 13.8 Å². The summed E-state index contributed by atoms with van der Waals surface area (Å²) in [5.74, 6) is -0.756. The minimum Gasteiger partial charge on any atom is -0.459 e. The molecular weight excluding hydrogens is 369 g/mol. The first-order chi connectivity index (χ1) is 12.0. The van der Waals surface area contributed by atoms with Crippen LogP contribution in [-0.2, 0) is 18.3 Å². The third-order valence-electron chi connectivity index (χ3n) is 3.00. The summed E-state index contributed by atoms with van der Waals surface area (Å²) in [6.45, 7) is 5.12. The van der Waals surface area contributed by atoms with Gasteiger partial charge in [-0.25, -0.2) is 4.79 Å². The van der Waals surface area contributed by atoms with Gasteiger partial charge in [-0.1, -0.05) is 18.2 Å². The molecule has 6 nitrogen and oxygen atoms in total. The van der Waals surface area contributed by atoms with Crippen LogP contribution in [0.2, 0.25) is 0 Å². The molecule has 1 aromatic rings. The molecule has 0 aliphatic rings. The van der Waals surface area contributed by atoms with E-state index in [1.807, 2.05) is 0 Å².